The highest BCUT2D eigenvalue weighted by atomic mass is 32.1. The van der Waals surface area contributed by atoms with Crippen molar-refractivity contribution >= 4 is 28.8 Å². The van der Waals surface area contributed by atoms with Gasteiger partial charge in [-0.3, -0.25) is 20.4 Å². The minimum atomic E-state index is -0.536. The Hall–Kier alpha value is -2.80. The van der Waals surface area contributed by atoms with Crippen LogP contribution in [0.4, 0.5) is 0 Å². The Kier molecular flexibility index (Phi) is 5.16. The molecule has 0 saturated heterocycles. The zero-order valence-electron chi connectivity index (χ0n) is 11.7. The molecule has 0 bridgehead atoms. The Balaban J connectivity index is 1.87. The number of nitrogens with two attached hydrogens (primary N) is 1. The summed E-state index contributed by atoms with van der Waals surface area (Å²) in [6.45, 7) is 3.67. The van der Waals surface area contributed by atoms with E-state index < -0.39 is 5.91 Å². The lowest BCUT2D eigenvalue weighted by Crippen LogP contribution is -2.35. The number of primary amides is 1. The molecule has 114 valence electrons. The molecule has 4 N–H and O–H groups in total. The van der Waals surface area contributed by atoms with E-state index in [1.54, 1.807) is 36.4 Å². The van der Waals surface area contributed by atoms with Crippen LogP contribution in [0.25, 0.3) is 5.70 Å². The molecule has 0 spiro atoms. The second-order valence-corrected chi connectivity index (χ2v) is 5.26. The molecule has 0 unspecified atom stereocenters. The van der Waals surface area contributed by atoms with E-state index in [2.05, 4.69) is 17.4 Å². The summed E-state index contributed by atoms with van der Waals surface area (Å²) in [5.41, 5.74) is 11.6. The van der Waals surface area contributed by atoms with Gasteiger partial charge >= 0.3 is 0 Å². The first-order valence-electron chi connectivity index (χ1n) is 6.36. The molecule has 1 aromatic heterocycles. The van der Waals surface area contributed by atoms with Crippen molar-refractivity contribution in [2.24, 2.45) is 5.73 Å². The molecule has 0 aliphatic heterocycles. The Morgan fingerprint density at radius 1 is 1.18 bits per heavy atom. The summed E-state index contributed by atoms with van der Waals surface area (Å²) < 4.78 is 5.16. The van der Waals surface area contributed by atoms with Gasteiger partial charge in [0.05, 0.1) is 10.6 Å². The Bertz CT molecular complexity index is 666. The quantitative estimate of drug-likeness (QED) is 0.675. The van der Waals surface area contributed by atoms with Crippen LogP contribution in [0.5, 0.6) is 5.75 Å². The third kappa shape index (κ3) is 4.35. The molecular formula is C15H15N3O3S. The number of hydrazine groups is 1. The van der Waals surface area contributed by atoms with Crippen LogP contribution in [-0.2, 0) is 4.79 Å². The van der Waals surface area contributed by atoms with E-state index in [1.165, 1.54) is 11.3 Å². The van der Waals surface area contributed by atoms with Crippen LogP contribution in [0, 0.1) is 0 Å². The zero-order valence-corrected chi connectivity index (χ0v) is 12.5. The molecule has 22 heavy (non-hydrogen) atoms. The van der Waals surface area contributed by atoms with Crippen LogP contribution in [0.1, 0.15) is 15.2 Å². The van der Waals surface area contributed by atoms with Gasteiger partial charge < -0.3 is 10.5 Å². The van der Waals surface area contributed by atoms with Crippen LogP contribution in [-0.4, -0.2) is 18.4 Å². The summed E-state index contributed by atoms with van der Waals surface area (Å²) in [5.74, 6) is -0.234. The van der Waals surface area contributed by atoms with Gasteiger partial charge in [-0.15, -0.1) is 11.3 Å². The highest BCUT2D eigenvalue weighted by molar-refractivity contribution is 7.12. The average Bonchev–Trinajstić information content (AvgIpc) is 3.05. The smallest absolute Gasteiger partial charge is 0.279 e. The zero-order chi connectivity index (χ0) is 15.9. The molecule has 6 nitrogen and oxygen atoms in total. The van der Waals surface area contributed by atoms with Crippen molar-refractivity contribution in [1.82, 2.24) is 10.9 Å². The fraction of sp³-hybridized carbons (Fsp3) is 0.0667. The van der Waals surface area contributed by atoms with E-state index in [0.717, 1.165) is 5.56 Å². The minimum Gasteiger partial charge on any atom is -0.484 e. The number of hydrogen-bond acceptors (Lipinski definition) is 5. The van der Waals surface area contributed by atoms with E-state index in [9.17, 15) is 9.59 Å². The maximum atomic E-state index is 11.8. The largest absolute Gasteiger partial charge is 0.484 e. The first-order chi connectivity index (χ1) is 10.6. The molecule has 0 fully saturated rings. The van der Waals surface area contributed by atoms with E-state index in [0.29, 0.717) is 16.3 Å². The van der Waals surface area contributed by atoms with Gasteiger partial charge in [0.15, 0.2) is 6.61 Å². The van der Waals surface area contributed by atoms with Crippen LogP contribution in [0.2, 0.25) is 0 Å². The van der Waals surface area contributed by atoms with Gasteiger partial charge in [-0.2, -0.15) is 0 Å². The third-order valence-electron chi connectivity index (χ3n) is 2.66. The molecular weight excluding hydrogens is 302 g/mol. The molecule has 0 atom stereocenters. The number of ether oxygens (including phenoxy) is 1. The molecule has 0 aliphatic carbocycles. The number of rotatable bonds is 7. The predicted molar refractivity (Wildman–Crippen MR) is 85.1 cm³/mol. The molecule has 0 radical (unpaired) electrons. The van der Waals surface area contributed by atoms with E-state index in [4.69, 9.17) is 10.5 Å². The van der Waals surface area contributed by atoms with Gasteiger partial charge in [-0.25, -0.2) is 0 Å². The molecule has 0 aliphatic rings. The lowest BCUT2D eigenvalue weighted by atomic mass is 10.2. The van der Waals surface area contributed by atoms with Gasteiger partial charge in [-0.1, -0.05) is 12.6 Å². The topological polar surface area (TPSA) is 93.4 Å². The van der Waals surface area contributed by atoms with Crippen LogP contribution >= 0.6 is 11.3 Å². The second kappa shape index (κ2) is 7.28. The maximum absolute atomic E-state index is 11.8. The van der Waals surface area contributed by atoms with Gasteiger partial charge in [0.1, 0.15) is 5.75 Å². The SMILES string of the molecule is C=C(NNC(=O)c1cccs1)c1ccc(OCC(N)=O)cc1. The lowest BCUT2D eigenvalue weighted by molar-refractivity contribution is -0.119. The van der Waals surface area contributed by atoms with Crippen molar-refractivity contribution in [1.29, 1.82) is 0 Å². The predicted octanol–water partition coefficient (Wildman–Crippen LogP) is 1.52. The van der Waals surface area contributed by atoms with Crippen molar-refractivity contribution in [2.45, 2.75) is 0 Å². The Morgan fingerprint density at radius 3 is 2.50 bits per heavy atom. The molecule has 2 aromatic rings. The van der Waals surface area contributed by atoms with Crippen LogP contribution in [0.15, 0.2) is 48.4 Å². The summed E-state index contributed by atoms with van der Waals surface area (Å²) in [4.78, 5) is 23.0. The summed E-state index contributed by atoms with van der Waals surface area (Å²) in [6.07, 6.45) is 0. The van der Waals surface area contributed by atoms with Crippen molar-refractivity contribution in [3.8, 4) is 5.75 Å². The Labute approximate surface area is 131 Å². The normalized spacial score (nSPS) is 9.82. The van der Waals surface area contributed by atoms with Gasteiger partial charge in [0.2, 0.25) is 0 Å². The number of hydrogen-bond donors (Lipinski definition) is 3. The number of nitrogens with one attached hydrogen (secondary N) is 2. The molecule has 1 aromatic carbocycles. The number of carbonyl (C=O) groups is 2. The average molecular weight is 317 g/mol. The molecule has 7 heteroatoms. The first-order valence-corrected chi connectivity index (χ1v) is 7.24. The van der Waals surface area contributed by atoms with E-state index >= 15 is 0 Å². The fourth-order valence-electron chi connectivity index (χ4n) is 1.58. The van der Waals surface area contributed by atoms with Crippen molar-refractivity contribution in [3.05, 3.63) is 58.8 Å². The second-order valence-electron chi connectivity index (χ2n) is 4.31. The Morgan fingerprint density at radius 2 is 1.91 bits per heavy atom. The number of benzene rings is 1. The number of amides is 2. The van der Waals surface area contributed by atoms with Crippen molar-refractivity contribution in [2.75, 3.05) is 6.61 Å². The van der Waals surface area contributed by atoms with Crippen molar-refractivity contribution in [3.63, 3.8) is 0 Å². The molecule has 1 heterocycles. The fourth-order valence-corrected chi connectivity index (χ4v) is 2.20. The van der Waals surface area contributed by atoms with Gasteiger partial charge in [0, 0.05) is 0 Å². The first kappa shape index (κ1) is 15.6. The highest BCUT2D eigenvalue weighted by Gasteiger charge is 2.06. The third-order valence-corrected chi connectivity index (χ3v) is 3.52. The number of carbonyl (C=O) groups excluding carboxylic acids is 2. The molecule has 2 amide bonds. The summed E-state index contributed by atoms with van der Waals surface area (Å²) in [7, 11) is 0. The monoisotopic (exact) mass is 317 g/mol. The standard InChI is InChI=1S/C15H15N3O3S/c1-10(17-18-15(20)13-3-2-8-22-13)11-4-6-12(7-5-11)21-9-14(16)19/h2-8,17H,1,9H2,(H2,16,19)(H,18,20). The van der Waals surface area contributed by atoms with Crippen LogP contribution in [0.3, 0.4) is 0 Å². The van der Waals surface area contributed by atoms with E-state index in [-0.39, 0.29) is 12.5 Å². The van der Waals surface area contributed by atoms with Crippen LogP contribution < -0.4 is 21.3 Å². The highest BCUT2D eigenvalue weighted by Crippen LogP contribution is 2.16. The summed E-state index contributed by atoms with van der Waals surface area (Å²) >= 11 is 1.35. The van der Waals surface area contributed by atoms with E-state index in [1.807, 2.05) is 5.38 Å². The maximum Gasteiger partial charge on any atom is 0.279 e. The minimum absolute atomic E-state index is 0.171. The summed E-state index contributed by atoms with van der Waals surface area (Å²) in [5, 5.41) is 1.83. The van der Waals surface area contributed by atoms with Gasteiger partial charge in [-0.05, 0) is 41.3 Å². The van der Waals surface area contributed by atoms with Crippen molar-refractivity contribution < 1.29 is 14.3 Å². The molecule has 0 saturated carbocycles. The van der Waals surface area contributed by atoms with Gasteiger partial charge in [0.25, 0.3) is 11.8 Å². The summed E-state index contributed by atoms with van der Waals surface area (Å²) in [6, 6.07) is 10.4. The lowest BCUT2D eigenvalue weighted by Gasteiger charge is -2.11. The molecule has 2 rings (SSSR count). The number of thiophene rings is 1.